The van der Waals surface area contributed by atoms with Gasteiger partial charge >= 0.3 is 0 Å². The first-order valence-electron chi connectivity index (χ1n) is 10.2. The van der Waals surface area contributed by atoms with Gasteiger partial charge in [-0.05, 0) is 57.6 Å². The Morgan fingerprint density at radius 3 is 2.77 bits per heavy atom. The van der Waals surface area contributed by atoms with Crippen molar-refractivity contribution in [2.75, 3.05) is 44.3 Å². The lowest BCUT2D eigenvalue weighted by molar-refractivity contribution is 0.123. The summed E-state index contributed by atoms with van der Waals surface area (Å²) in [6, 6.07) is 9.26. The Morgan fingerprint density at radius 1 is 1.23 bits per heavy atom. The molecule has 26 heavy (non-hydrogen) atoms. The quantitative estimate of drug-likeness (QED) is 0.405. The fourth-order valence-electron chi connectivity index (χ4n) is 3.27. The van der Waals surface area contributed by atoms with Crippen LogP contribution in [0.15, 0.2) is 29.3 Å². The predicted octanol–water partition coefficient (Wildman–Crippen LogP) is 2.95. The third-order valence-corrected chi connectivity index (χ3v) is 5.04. The molecule has 2 aliphatic rings. The number of aryl methyl sites for hydroxylation is 1. The van der Waals surface area contributed by atoms with Crippen LogP contribution in [-0.2, 0) is 4.74 Å². The predicted molar refractivity (Wildman–Crippen MR) is 109 cm³/mol. The van der Waals surface area contributed by atoms with Crippen LogP contribution in [0.3, 0.4) is 0 Å². The minimum absolute atomic E-state index is 0.445. The van der Waals surface area contributed by atoms with E-state index in [4.69, 9.17) is 9.73 Å². The molecule has 1 aliphatic carbocycles. The highest BCUT2D eigenvalue weighted by Gasteiger charge is 2.23. The van der Waals surface area contributed by atoms with Crippen molar-refractivity contribution in [1.29, 1.82) is 0 Å². The maximum atomic E-state index is 5.69. The molecule has 1 aromatic rings. The fourth-order valence-corrected chi connectivity index (χ4v) is 3.27. The van der Waals surface area contributed by atoms with Gasteiger partial charge in [-0.25, -0.2) is 0 Å². The molecule has 144 valence electrons. The van der Waals surface area contributed by atoms with E-state index in [0.717, 1.165) is 64.1 Å². The van der Waals surface area contributed by atoms with Crippen molar-refractivity contribution < 1.29 is 4.74 Å². The Balaban J connectivity index is 1.40. The summed E-state index contributed by atoms with van der Waals surface area (Å²) in [5.74, 6) is 1.78. The maximum absolute atomic E-state index is 5.69. The summed E-state index contributed by atoms with van der Waals surface area (Å²) >= 11 is 0. The number of aliphatic imine (C=N–C) groups is 1. The molecular weight excluding hydrogens is 324 g/mol. The van der Waals surface area contributed by atoms with Crippen molar-refractivity contribution in [3.63, 3.8) is 0 Å². The van der Waals surface area contributed by atoms with E-state index >= 15 is 0 Å². The molecule has 0 bridgehead atoms. The van der Waals surface area contributed by atoms with Crippen LogP contribution in [0.4, 0.5) is 5.69 Å². The van der Waals surface area contributed by atoms with Crippen LogP contribution in [0, 0.1) is 12.8 Å². The average Bonchev–Trinajstić information content (AvgIpc) is 3.35. The number of nitrogens with zero attached hydrogens (tertiary/aromatic N) is 2. The number of nitrogens with one attached hydrogen (secondary N) is 2. The molecule has 0 radical (unpaired) electrons. The summed E-state index contributed by atoms with van der Waals surface area (Å²) in [4.78, 5) is 7.17. The van der Waals surface area contributed by atoms with Crippen LogP contribution in [0.2, 0.25) is 0 Å². The highest BCUT2D eigenvalue weighted by Crippen LogP contribution is 2.28. The Hall–Kier alpha value is -1.75. The van der Waals surface area contributed by atoms with E-state index in [9.17, 15) is 0 Å². The van der Waals surface area contributed by atoms with Gasteiger partial charge in [0.2, 0.25) is 0 Å². The van der Waals surface area contributed by atoms with Crippen molar-refractivity contribution in [3.05, 3.63) is 29.8 Å². The van der Waals surface area contributed by atoms with Gasteiger partial charge in [0, 0.05) is 51.1 Å². The first kappa shape index (κ1) is 19.0. The Bertz CT molecular complexity index is 568. The van der Waals surface area contributed by atoms with Gasteiger partial charge in [-0.1, -0.05) is 17.7 Å². The van der Waals surface area contributed by atoms with Gasteiger partial charge in [-0.3, -0.25) is 4.99 Å². The minimum Gasteiger partial charge on any atom is -0.381 e. The number of hydrogen-bond donors (Lipinski definition) is 2. The first-order chi connectivity index (χ1) is 12.7. The molecule has 1 unspecified atom stereocenters. The van der Waals surface area contributed by atoms with E-state index in [1.54, 1.807) is 0 Å². The summed E-state index contributed by atoms with van der Waals surface area (Å²) in [6.07, 6.45) is 4.84. The molecule has 0 spiro atoms. The normalized spacial score (nSPS) is 20.5. The second-order valence-corrected chi connectivity index (χ2v) is 7.54. The molecule has 0 amide bonds. The Morgan fingerprint density at radius 2 is 2.04 bits per heavy atom. The smallest absolute Gasteiger partial charge is 0.191 e. The lowest BCUT2D eigenvalue weighted by Gasteiger charge is -2.20. The number of ether oxygens (including phenoxy) is 1. The molecule has 1 aromatic carbocycles. The van der Waals surface area contributed by atoms with Crippen molar-refractivity contribution in [3.8, 4) is 0 Å². The standard InChI is InChI=1S/C21H34N4O/c1-3-22-21(23-12-4-14-26-16-18-7-8-18)24-19-11-13-25(15-19)20-9-5-17(2)6-10-20/h5-6,9-10,18-19H,3-4,7-8,11-16H2,1-2H3,(H2,22,23,24). The van der Waals surface area contributed by atoms with Gasteiger partial charge in [0.25, 0.3) is 0 Å². The molecule has 2 N–H and O–H groups in total. The Kier molecular flexibility index (Phi) is 7.18. The monoisotopic (exact) mass is 358 g/mol. The summed E-state index contributed by atoms with van der Waals surface area (Å²) in [5.41, 5.74) is 2.62. The van der Waals surface area contributed by atoms with E-state index in [-0.39, 0.29) is 0 Å². The van der Waals surface area contributed by atoms with E-state index in [0.29, 0.717) is 6.04 Å². The van der Waals surface area contributed by atoms with Crippen LogP contribution in [-0.4, -0.2) is 51.4 Å². The zero-order valence-electron chi connectivity index (χ0n) is 16.3. The minimum atomic E-state index is 0.445. The second-order valence-electron chi connectivity index (χ2n) is 7.54. The van der Waals surface area contributed by atoms with Crippen LogP contribution < -0.4 is 15.5 Å². The highest BCUT2D eigenvalue weighted by atomic mass is 16.5. The molecule has 1 saturated heterocycles. The largest absolute Gasteiger partial charge is 0.381 e. The highest BCUT2D eigenvalue weighted by molar-refractivity contribution is 5.80. The first-order valence-corrected chi connectivity index (χ1v) is 10.2. The SMILES string of the molecule is CCNC(=NCCCOCC1CC1)NC1CCN(c2ccc(C)cc2)C1. The van der Waals surface area contributed by atoms with Crippen LogP contribution in [0.5, 0.6) is 0 Å². The molecule has 3 rings (SSSR count). The summed E-state index contributed by atoms with van der Waals surface area (Å²) in [5, 5.41) is 6.97. The molecule has 1 aliphatic heterocycles. The molecule has 0 aromatic heterocycles. The number of rotatable bonds is 9. The van der Waals surface area contributed by atoms with Crippen molar-refractivity contribution >= 4 is 11.6 Å². The zero-order valence-corrected chi connectivity index (χ0v) is 16.3. The number of guanidine groups is 1. The molecule has 1 heterocycles. The van der Waals surface area contributed by atoms with Crippen molar-refractivity contribution in [2.24, 2.45) is 10.9 Å². The van der Waals surface area contributed by atoms with Crippen LogP contribution >= 0.6 is 0 Å². The number of benzene rings is 1. The lowest BCUT2D eigenvalue weighted by Crippen LogP contribution is -2.44. The summed E-state index contributed by atoms with van der Waals surface area (Å²) in [6.45, 7) is 9.83. The van der Waals surface area contributed by atoms with Gasteiger partial charge in [-0.15, -0.1) is 0 Å². The van der Waals surface area contributed by atoms with Crippen molar-refractivity contribution in [2.45, 2.75) is 45.6 Å². The average molecular weight is 359 g/mol. The third-order valence-electron chi connectivity index (χ3n) is 5.04. The molecule has 2 fully saturated rings. The maximum Gasteiger partial charge on any atom is 0.191 e. The van der Waals surface area contributed by atoms with E-state index < -0.39 is 0 Å². The summed E-state index contributed by atoms with van der Waals surface area (Å²) < 4.78 is 5.69. The summed E-state index contributed by atoms with van der Waals surface area (Å²) in [7, 11) is 0. The van der Waals surface area contributed by atoms with Gasteiger partial charge in [0.15, 0.2) is 5.96 Å². The molecule has 1 atom stereocenters. The van der Waals surface area contributed by atoms with E-state index in [1.807, 2.05) is 0 Å². The number of anilines is 1. The van der Waals surface area contributed by atoms with Gasteiger partial charge in [-0.2, -0.15) is 0 Å². The zero-order chi connectivity index (χ0) is 18.2. The lowest BCUT2D eigenvalue weighted by atomic mass is 10.2. The third kappa shape index (κ3) is 6.20. The molecule has 5 heteroatoms. The molecule has 1 saturated carbocycles. The second kappa shape index (κ2) is 9.81. The number of hydrogen-bond acceptors (Lipinski definition) is 3. The van der Waals surface area contributed by atoms with Gasteiger partial charge < -0.3 is 20.3 Å². The van der Waals surface area contributed by atoms with E-state index in [1.165, 1.54) is 24.1 Å². The molecular formula is C21H34N4O. The molecule has 5 nitrogen and oxygen atoms in total. The van der Waals surface area contributed by atoms with Crippen LogP contribution in [0.25, 0.3) is 0 Å². The topological polar surface area (TPSA) is 48.9 Å². The Labute approximate surface area is 158 Å². The fraction of sp³-hybridized carbons (Fsp3) is 0.667. The van der Waals surface area contributed by atoms with Crippen LogP contribution in [0.1, 0.15) is 38.2 Å². The van der Waals surface area contributed by atoms with Crippen molar-refractivity contribution in [1.82, 2.24) is 10.6 Å². The van der Waals surface area contributed by atoms with Gasteiger partial charge in [0.1, 0.15) is 0 Å². The van der Waals surface area contributed by atoms with Gasteiger partial charge in [0.05, 0.1) is 0 Å². The van der Waals surface area contributed by atoms with E-state index in [2.05, 4.69) is 53.6 Å².